The van der Waals surface area contributed by atoms with Gasteiger partial charge in [-0.05, 0) is 24.6 Å². The molecule has 2 aliphatic heterocycles. The van der Waals surface area contributed by atoms with Crippen LogP contribution in [0.4, 0.5) is 4.79 Å². The van der Waals surface area contributed by atoms with E-state index >= 15 is 0 Å². The highest BCUT2D eigenvalue weighted by Crippen LogP contribution is 2.36. The minimum Gasteiger partial charge on any atom is -0.467 e. The summed E-state index contributed by atoms with van der Waals surface area (Å²) in [7, 11) is 0. The number of nitrogens with one attached hydrogen (secondary N) is 2. The number of amides is 4. The smallest absolute Gasteiger partial charge is 0.322 e. The van der Waals surface area contributed by atoms with Crippen molar-refractivity contribution >= 4 is 17.8 Å². The lowest BCUT2D eigenvalue weighted by molar-refractivity contribution is -0.127. The van der Waals surface area contributed by atoms with E-state index in [9.17, 15) is 14.4 Å². The minimum absolute atomic E-state index is 0.158. The molecule has 4 amide bonds. The number of aryl methyl sites for hydroxylation is 1. The van der Waals surface area contributed by atoms with Gasteiger partial charge in [-0.15, -0.1) is 6.58 Å². The second kappa shape index (κ2) is 9.13. The van der Waals surface area contributed by atoms with Gasteiger partial charge in [0.1, 0.15) is 5.76 Å². The summed E-state index contributed by atoms with van der Waals surface area (Å²) in [6.45, 7) is 6.85. The first-order valence-corrected chi connectivity index (χ1v) is 10.5. The van der Waals surface area contributed by atoms with Gasteiger partial charge < -0.3 is 20.0 Å². The van der Waals surface area contributed by atoms with Gasteiger partial charge in [0.25, 0.3) is 5.91 Å². The van der Waals surface area contributed by atoms with Crippen molar-refractivity contribution in [3.05, 3.63) is 83.5 Å². The van der Waals surface area contributed by atoms with Gasteiger partial charge in [-0.3, -0.25) is 14.5 Å². The van der Waals surface area contributed by atoms with E-state index in [1.54, 1.807) is 34.3 Å². The summed E-state index contributed by atoms with van der Waals surface area (Å²) in [6.07, 6.45) is 3.34. The molecule has 2 aromatic rings. The first kappa shape index (κ1) is 21.4. The Morgan fingerprint density at radius 1 is 1.28 bits per heavy atom. The Hall–Kier alpha value is -3.81. The third kappa shape index (κ3) is 4.30. The van der Waals surface area contributed by atoms with Crippen LogP contribution in [0.1, 0.15) is 29.3 Å². The summed E-state index contributed by atoms with van der Waals surface area (Å²) in [5, 5.41) is 5.74. The Morgan fingerprint density at radius 3 is 2.75 bits per heavy atom. The van der Waals surface area contributed by atoms with Gasteiger partial charge in [-0.1, -0.05) is 35.9 Å². The molecule has 1 atom stereocenters. The van der Waals surface area contributed by atoms with Crippen LogP contribution in [0.5, 0.6) is 0 Å². The Labute approximate surface area is 186 Å². The lowest BCUT2D eigenvalue weighted by Crippen LogP contribution is -2.47. The molecule has 0 radical (unpaired) electrons. The highest BCUT2D eigenvalue weighted by molar-refractivity contribution is 6.01. The zero-order chi connectivity index (χ0) is 22.7. The Bertz CT molecular complexity index is 1060. The van der Waals surface area contributed by atoms with Crippen LogP contribution in [-0.2, 0) is 16.1 Å². The van der Waals surface area contributed by atoms with E-state index in [0.717, 1.165) is 11.1 Å². The highest BCUT2D eigenvalue weighted by Gasteiger charge is 2.43. The van der Waals surface area contributed by atoms with Crippen LogP contribution in [0, 0.1) is 6.92 Å². The topological polar surface area (TPSA) is 94.9 Å². The van der Waals surface area contributed by atoms with E-state index in [1.807, 2.05) is 31.2 Å². The van der Waals surface area contributed by atoms with Crippen LogP contribution in [0.2, 0.25) is 0 Å². The van der Waals surface area contributed by atoms with Crippen LogP contribution < -0.4 is 10.6 Å². The predicted molar refractivity (Wildman–Crippen MR) is 118 cm³/mol. The summed E-state index contributed by atoms with van der Waals surface area (Å²) < 4.78 is 5.21. The number of carbonyl (C=O) groups excluding carboxylic acids is 3. The van der Waals surface area contributed by atoms with Gasteiger partial charge in [0.05, 0.1) is 36.7 Å². The molecule has 4 rings (SSSR count). The molecule has 0 aliphatic carbocycles. The number of rotatable bonds is 8. The number of carbonyl (C=O) groups is 3. The molecule has 2 N–H and O–H groups in total. The van der Waals surface area contributed by atoms with Gasteiger partial charge in [-0.25, -0.2) is 4.79 Å². The van der Waals surface area contributed by atoms with Crippen molar-refractivity contribution in [1.29, 1.82) is 0 Å². The molecular formula is C24H26N4O4. The molecule has 166 valence electrons. The molecule has 32 heavy (non-hydrogen) atoms. The maximum atomic E-state index is 13.3. The molecular weight excluding hydrogens is 408 g/mol. The molecule has 1 aromatic carbocycles. The van der Waals surface area contributed by atoms with Crippen molar-refractivity contribution < 1.29 is 18.8 Å². The minimum atomic E-state index is -0.524. The van der Waals surface area contributed by atoms with Crippen molar-refractivity contribution in [1.82, 2.24) is 20.4 Å². The lowest BCUT2D eigenvalue weighted by atomic mass is 9.95. The van der Waals surface area contributed by atoms with Crippen molar-refractivity contribution in [3.8, 4) is 0 Å². The van der Waals surface area contributed by atoms with Gasteiger partial charge in [-0.2, -0.15) is 0 Å². The van der Waals surface area contributed by atoms with E-state index in [2.05, 4.69) is 17.2 Å². The Morgan fingerprint density at radius 2 is 2.06 bits per heavy atom. The zero-order valence-electron chi connectivity index (χ0n) is 18.0. The molecule has 2 aliphatic rings. The van der Waals surface area contributed by atoms with Crippen LogP contribution in [-0.4, -0.2) is 47.3 Å². The Balaban J connectivity index is 1.49. The van der Waals surface area contributed by atoms with Gasteiger partial charge in [0, 0.05) is 19.5 Å². The zero-order valence-corrected chi connectivity index (χ0v) is 18.0. The fraction of sp³-hybridized carbons (Fsp3) is 0.292. The third-order valence-electron chi connectivity index (χ3n) is 5.67. The average molecular weight is 434 g/mol. The van der Waals surface area contributed by atoms with Gasteiger partial charge >= 0.3 is 6.03 Å². The number of hydrogen-bond donors (Lipinski definition) is 2. The van der Waals surface area contributed by atoms with Crippen molar-refractivity contribution in [3.63, 3.8) is 0 Å². The standard InChI is InChI=1S/C24H26N4O4/c1-3-11-28-19-15-27(12-10-20(29)25-14-18-5-4-13-32-18)23(30)21(19)22(26-24(28)31)17-8-6-16(2)7-9-17/h3-9,13,22H,1,10-12,14-15H2,2H3,(H,25,29)(H,26,31)/t22-/m0/s1. The largest absolute Gasteiger partial charge is 0.467 e. The number of hydrogen-bond acceptors (Lipinski definition) is 4. The maximum Gasteiger partial charge on any atom is 0.322 e. The van der Waals surface area contributed by atoms with Crippen molar-refractivity contribution in [2.45, 2.75) is 25.9 Å². The third-order valence-corrected chi connectivity index (χ3v) is 5.67. The number of furan rings is 1. The highest BCUT2D eigenvalue weighted by atomic mass is 16.3. The normalized spacial score (nSPS) is 18.0. The van der Waals surface area contributed by atoms with E-state index in [-0.39, 0.29) is 37.4 Å². The van der Waals surface area contributed by atoms with Crippen molar-refractivity contribution in [2.75, 3.05) is 19.6 Å². The van der Waals surface area contributed by atoms with E-state index in [4.69, 9.17) is 4.42 Å². The van der Waals surface area contributed by atoms with Gasteiger partial charge in [0.15, 0.2) is 0 Å². The molecule has 0 bridgehead atoms. The first-order chi connectivity index (χ1) is 15.5. The number of benzene rings is 1. The fourth-order valence-electron chi connectivity index (χ4n) is 3.98. The summed E-state index contributed by atoms with van der Waals surface area (Å²) in [5.41, 5.74) is 3.16. The second-order valence-corrected chi connectivity index (χ2v) is 7.89. The SMILES string of the molecule is C=CCN1C(=O)N[C@@H](c2ccc(C)cc2)C2=C1CN(CCC(=O)NCc1ccco1)C2=O. The number of nitrogens with zero attached hydrogens (tertiary/aromatic N) is 2. The summed E-state index contributed by atoms with van der Waals surface area (Å²) >= 11 is 0. The van der Waals surface area contributed by atoms with Crippen molar-refractivity contribution in [2.24, 2.45) is 0 Å². The summed E-state index contributed by atoms with van der Waals surface area (Å²) in [4.78, 5) is 41.5. The predicted octanol–water partition coefficient (Wildman–Crippen LogP) is 2.64. The first-order valence-electron chi connectivity index (χ1n) is 10.5. The second-order valence-electron chi connectivity index (χ2n) is 7.89. The van der Waals surface area contributed by atoms with Crippen LogP contribution in [0.15, 0.2) is 71.0 Å². The Kier molecular flexibility index (Phi) is 6.11. The van der Waals surface area contributed by atoms with E-state index in [0.29, 0.717) is 30.1 Å². The molecule has 8 heteroatoms. The molecule has 0 saturated carbocycles. The quantitative estimate of drug-likeness (QED) is 0.625. The average Bonchev–Trinajstić information content (AvgIpc) is 3.41. The van der Waals surface area contributed by atoms with E-state index in [1.165, 1.54) is 0 Å². The lowest BCUT2D eigenvalue weighted by Gasteiger charge is -2.33. The summed E-state index contributed by atoms with van der Waals surface area (Å²) in [5.74, 6) is 0.322. The van der Waals surface area contributed by atoms with Crippen LogP contribution >= 0.6 is 0 Å². The van der Waals surface area contributed by atoms with Crippen LogP contribution in [0.3, 0.4) is 0 Å². The molecule has 0 unspecified atom stereocenters. The molecule has 0 spiro atoms. The maximum absolute atomic E-state index is 13.3. The summed E-state index contributed by atoms with van der Waals surface area (Å²) in [6, 6.07) is 10.5. The van der Waals surface area contributed by atoms with Crippen LogP contribution in [0.25, 0.3) is 0 Å². The number of urea groups is 1. The fourth-order valence-corrected chi connectivity index (χ4v) is 3.98. The monoisotopic (exact) mass is 434 g/mol. The molecule has 1 aromatic heterocycles. The molecule has 8 nitrogen and oxygen atoms in total. The molecule has 0 fully saturated rings. The molecule has 0 saturated heterocycles. The van der Waals surface area contributed by atoms with Gasteiger partial charge in [0.2, 0.25) is 5.91 Å². The molecule has 3 heterocycles. The van der Waals surface area contributed by atoms with E-state index < -0.39 is 6.04 Å².